The number of fused-ring (bicyclic) bond motifs is 1. The van der Waals surface area contributed by atoms with Crippen LogP contribution in [0, 0.1) is 17.8 Å². The molecule has 3 aromatic rings. The minimum atomic E-state index is -4.49. The number of anilines is 1. The summed E-state index contributed by atoms with van der Waals surface area (Å²) in [5.41, 5.74) is 1.34. The Bertz CT molecular complexity index is 1740. The van der Waals surface area contributed by atoms with Crippen LogP contribution in [-0.4, -0.2) is 93.2 Å². The Hall–Kier alpha value is -3.80. The van der Waals surface area contributed by atoms with Crippen LogP contribution in [0.4, 0.5) is 18.9 Å². The summed E-state index contributed by atoms with van der Waals surface area (Å²) in [4.78, 5) is 20.3. The van der Waals surface area contributed by atoms with Crippen LogP contribution < -0.4 is 15.4 Å². The first-order valence-electron chi connectivity index (χ1n) is 15.1. The quantitative estimate of drug-likeness (QED) is 0.330. The van der Waals surface area contributed by atoms with Crippen LogP contribution in [0.1, 0.15) is 42.1 Å². The average Bonchev–Trinajstić information content (AvgIpc) is 3.65. The lowest BCUT2D eigenvalue weighted by atomic mass is 9.93. The number of imidazole rings is 1. The van der Waals surface area contributed by atoms with Crippen LogP contribution in [0.25, 0.3) is 11.0 Å². The standard InChI is InChI=1S/C32H38F3N5O5S/c1-21-17-39(18-23-7-5-13-45-23)12-10-26(21)38-31(41)25-14-22(15-28-30(25)37-20-40(28)19-32(33,34)35)6-4-11-36-27-9-8-24(46(3,42)43)16-29(27)44-2/h8-9,14-16,20-21,23,26,36H,5,7,10-13,17-19H2,1-3H3,(H,38,41)/t21-,23?,26-/m0/s1. The normalized spacial score (nSPS) is 20.7. The van der Waals surface area contributed by atoms with E-state index in [-0.39, 0.29) is 46.1 Å². The summed E-state index contributed by atoms with van der Waals surface area (Å²) in [7, 11) is -2.01. The molecular formula is C32H38F3N5O5S. The molecule has 5 rings (SSSR count). The second-order valence-corrected chi connectivity index (χ2v) is 13.9. The molecule has 248 valence electrons. The molecule has 0 bridgehead atoms. The van der Waals surface area contributed by atoms with Crippen molar-refractivity contribution in [2.75, 3.05) is 51.5 Å². The number of halogens is 3. The predicted molar refractivity (Wildman–Crippen MR) is 168 cm³/mol. The molecule has 2 fully saturated rings. The van der Waals surface area contributed by atoms with E-state index >= 15 is 0 Å². The van der Waals surface area contributed by atoms with Gasteiger partial charge < -0.3 is 29.6 Å². The number of carbonyl (C=O) groups is 1. The number of amides is 1. The SMILES string of the molecule is COc1cc(S(C)(=O)=O)ccc1NCC#Cc1cc(C(=O)N[C@H]2CCN(CC3CCCO3)C[C@@H]2C)c2ncn(CC(F)(F)F)c2c1. The zero-order valence-corrected chi connectivity index (χ0v) is 26.8. The summed E-state index contributed by atoms with van der Waals surface area (Å²) in [5.74, 6) is 5.93. The summed E-state index contributed by atoms with van der Waals surface area (Å²) in [6.45, 7) is 4.22. The van der Waals surface area contributed by atoms with Gasteiger partial charge in [0.05, 0.1) is 47.7 Å². The van der Waals surface area contributed by atoms with Crippen molar-refractivity contribution in [3.63, 3.8) is 0 Å². The van der Waals surface area contributed by atoms with Crippen molar-refractivity contribution in [3.05, 3.63) is 47.8 Å². The molecule has 10 nitrogen and oxygen atoms in total. The van der Waals surface area contributed by atoms with Crippen molar-refractivity contribution < 1.29 is 35.9 Å². The lowest BCUT2D eigenvalue weighted by molar-refractivity contribution is -0.139. The predicted octanol–water partition coefficient (Wildman–Crippen LogP) is 4.09. The molecule has 1 amide bonds. The number of sulfone groups is 1. The minimum absolute atomic E-state index is 0.106. The molecule has 0 spiro atoms. The van der Waals surface area contributed by atoms with Crippen LogP contribution in [0.5, 0.6) is 5.75 Å². The number of ether oxygens (including phenoxy) is 2. The topological polar surface area (TPSA) is 115 Å². The van der Waals surface area contributed by atoms with Crippen LogP contribution in [0.2, 0.25) is 0 Å². The minimum Gasteiger partial charge on any atom is -0.495 e. The number of rotatable bonds is 9. The summed E-state index contributed by atoms with van der Waals surface area (Å²) in [6, 6.07) is 7.35. The number of carbonyl (C=O) groups excluding carboxylic acids is 1. The highest BCUT2D eigenvalue weighted by Crippen LogP contribution is 2.28. The number of aromatic nitrogens is 2. The maximum atomic E-state index is 13.6. The third kappa shape index (κ3) is 8.31. The maximum Gasteiger partial charge on any atom is 0.406 e. The van der Waals surface area contributed by atoms with Gasteiger partial charge in [0.1, 0.15) is 17.8 Å². The summed E-state index contributed by atoms with van der Waals surface area (Å²) >= 11 is 0. The van der Waals surface area contributed by atoms with Gasteiger partial charge in [-0.05, 0) is 49.4 Å². The number of alkyl halides is 3. The molecule has 46 heavy (non-hydrogen) atoms. The fourth-order valence-corrected chi connectivity index (χ4v) is 6.63. The Morgan fingerprint density at radius 1 is 1.22 bits per heavy atom. The van der Waals surface area contributed by atoms with Gasteiger partial charge in [-0.3, -0.25) is 4.79 Å². The molecule has 0 saturated carbocycles. The smallest absolute Gasteiger partial charge is 0.406 e. The highest BCUT2D eigenvalue weighted by atomic mass is 32.2. The molecule has 14 heteroatoms. The van der Waals surface area contributed by atoms with Gasteiger partial charge in [-0.2, -0.15) is 13.2 Å². The molecule has 2 saturated heterocycles. The van der Waals surface area contributed by atoms with Gasteiger partial charge in [-0.1, -0.05) is 18.8 Å². The molecule has 0 aliphatic carbocycles. The second-order valence-electron chi connectivity index (χ2n) is 11.9. The van der Waals surface area contributed by atoms with Gasteiger partial charge >= 0.3 is 6.18 Å². The summed E-state index contributed by atoms with van der Waals surface area (Å²) in [5, 5.41) is 6.17. The van der Waals surface area contributed by atoms with Crippen LogP contribution in [0.15, 0.2) is 41.6 Å². The third-order valence-electron chi connectivity index (χ3n) is 8.31. The van der Waals surface area contributed by atoms with Gasteiger partial charge in [-0.15, -0.1) is 0 Å². The van der Waals surface area contributed by atoms with E-state index in [1.807, 2.05) is 0 Å². The first-order valence-corrected chi connectivity index (χ1v) is 17.0. The van der Waals surface area contributed by atoms with E-state index in [0.29, 0.717) is 17.0 Å². The molecule has 2 aliphatic rings. The van der Waals surface area contributed by atoms with E-state index in [2.05, 4.69) is 39.3 Å². The number of benzene rings is 2. The summed E-state index contributed by atoms with van der Waals surface area (Å²) < 4.78 is 75.9. The Labute approximate surface area is 266 Å². The lowest BCUT2D eigenvalue weighted by Crippen LogP contribution is -2.51. The molecule has 1 aromatic heterocycles. The Morgan fingerprint density at radius 2 is 2.02 bits per heavy atom. The Kier molecular flexibility index (Phi) is 10.1. The molecule has 2 N–H and O–H groups in total. The van der Waals surface area contributed by atoms with E-state index in [4.69, 9.17) is 9.47 Å². The molecule has 2 aliphatic heterocycles. The monoisotopic (exact) mass is 661 g/mol. The number of methoxy groups -OCH3 is 1. The first kappa shape index (κ1) is 33.6. The molecule has 3 heterocycles. The summed E-state index contributed by atoms with van der Waals surface area (Å²) in [6.07, 6.45) is 0.834. The number of nitrogens with one attached hydrogen (secondary N) is 2. The number of likely N-dealkylation sites (tertiary alicyclic amines) is 1. The van der Waals surface area contributed by atoms with Crippen molar-refractivity contribution in [1.29, 1.82) is 0 Å². The van der Waals surface area contributed by atoms with Crippen LogP contribution >= 0.6 is 0 Å². The number of hydrogen-bond acceptors (Lipinski definition) is 8. The van der Waals surface area contributed by atoms with E-state index in [0.717, 1.165) is 62.7 Å². The van der Waals surface area contributed by atoms with E-state index in [1.54, 1.807) is 12.1 Å². The second kappa shape index (κ2) is 13.9. The largest absolute Gasteiger partial charge is 0.495 e. The molecule has 3 atom stereocenters. The highest BCUT2D eigenvalue weighted by Gasteiger charge is 2.32. The van der Waals surface area contributed by atoms with Crippen molar-refractivity contribution in [2.45, 2.75) is 55.9 Å². The molecule has 0 radical (unpaired) electrons. The molecule has 2 aromatic carbocycles. The van der Waals surface area contributed by atoms with Crippen molar-refractivity contribution in [1.82, 2.24) is 19.8 Å². The number of hydrogen-bond donors (Lipinski definition) is 2. The van der Waals surface area contributed by atoms with Crippen molar-refractivity contribution in [2.24, 2.45) is 5.92 Å². The fourth-order valence-electron chi connectivity index (χ4n) is 6.00. The van der Waals surface area contributed by atoms with Gasteiger partial charge in [0.15, 0.2) is 9.84 Å². The Balaban J connectivity index is 1.34. The fraction of sp³-hybridized carbons (Fsp3) is 0.500. The van der Waals surface area contributed by atoms with Gasteiger partial charge in [0.2, 0.25) is 0 Å². The molecular weight excluding hydrogens is 623 g/mol. The van der Waals surface area contributed by atoms with E-state index in [9.17, 15) is 26.4 Å². The number of piperidine rings is 1. The molecule has 1 unspecified atom stereocenters. The average molecular weight is 662 g/mol. The Morgan fingerprint density at radius 3 is 2.70 bits per heavy atom. The van der Waals surface area contributed by atoms with E-state index < -0.39 is 28.5 Å². The van der Waals surface area contributed by atoms with Gasteiger partial charge in [0, 0.05) is 50.2 Å². The zero-order valence-electron chi connectivity index (χ0n) is 26.0. The highest BCUT2D eigenvalue weighted by molar-refractivity contribution is 7.90. The van der Waals surface area contributed by atoms with Crippen LogP contribution in [0.3, 0.4) is 0 Å². The van der Waals surface area contributed by atoms with Crippen molar-refractivity contribution in [3.8, 4) is 17.6 Å². The van der Waals surface area contributed by atoms with Crippen molar-refractivity contribution >= 4 is 32.5 Å². The lowest BCUT2D eigenvalue weighted by Gasteiger charge is -2.38. The number of nitrogens with zero attached hydrogens (tertiary/aromatic N) is 3. The van der Waals surface area contributed by atoms with Gasteiger partial charge in [-0.25, -0.2) is 13.4 Å². The zero-order chi connectivity index (χ0) is 33.1. The van der Waals surface area contributed by atoms with E-state index in [1.165, 1.54) is 25.3 Å². The third-order valence-corrected chi connectivity index (χ3v) is 9.42. The first-order chi connectivity index (χ1) is 21.8. The van der Waals surface area contributed by atoms with Gasteiger partial charge in [0.25, 0.3) is 5.91 Å². The van der Waals surface area contributed by atoms with Crippen LogP contribution in [-0.2, 0) is 21.1 Å². The maximum absolute atomic E-state index is 13.6.